The van der Waals surface area contributed by atoms with Gasteiger partial charge in [0.15, 0.2) is 9.84 Å². The van der Waals surface area contributed by atoms with Crippen LogP contribution in [0.15, 0.2) is 0 Å². The Hall–Kier alpha value is -1.80. The number of amides is 2. The molecule has 0 saturated carbocycles. The molecule has 218 valence electrons. The molecule has 0 heterocycles. The third-order valence-electron chi connectivity index (χ3n) is 4.76. The molecule has 0 saturated heterocycles. The third-order valence-corrected chi connectivity index (χ3v) is 5.73. The van der Waals surface area contributed by atoms with E-state index in [2.05, 4.69) is 17.6 Å². The van der Waals surface area contributed by atoms with Crippen molar-refractivity contribution in [3.05, 3.63) is 0 Å². The van der Waals surface area contributed by atoms with E-state index in [1.165, 1.54) is 0 Å². The molecule has 0 aromatic rings. The van der Waals surface area contributed by atoms with Gasteiger partial charge >= 0.3 is 6.09 Å². The summed E-state index contributed by atoms with van der Waals surface area (Å²) in [6.45, 7) is 6.69. The maximum Gasteiger partial charge on any atom is 0.407 e. The highest BCUT2D eigenvalue weighted by atomic mass is 32.2. The number of carbonyl (C=O) groups excluding carboxylic acids is 3. The van der Waals surface area contributed by atoms with Gasteiger partial charge in [-0.15, -0.1) is 0 Å². The Balaban J connectivity index is 3.71. The van der Waals surface area contributed by atoms with Gasteiger partial charge in [-0.05, 0) is 25.7 Å². The van der Waals surface area contributed by atoms with Gasteiger partial charge in [-0.3, -0.25) is 4.79 Å². The number of aldehydes is 1. The molecule has 0 bridgehead atoms. The van der Waals surface area contributed by atoms with Gasteiger partial charge in [0, 0.05) is 38.8 Å². The summed E-state index contributed by atoms with van der Waals surface area (Å²) < 4.78 is 49.8. The first kappa shape index (κ1) is 35.2. The predicted molar refractivity (Wildman–Crippen MR) is 138 cm³/mol. The van der Waals surface area contributed by atoms with Gasteiger partial charge in [0.1, 0.15) is 12.4 Å². The minimum absolute atomic E-state index is 0.107. The highest BCUT2D eigenvalue weighted by Gasteiger charge is 2.19. The molecule has 1 atom stereocenters. The third kappa shape index (κ3) is 27.1. The van der Waals surface area contributed by atoms with Gasteiger partial charge in [-0.1, -0.05) is 13.3 Å². The maximum absolute atomic E-state index is 11.9. The summed E-state index contributed by atoms with van der Waals surface area (Å²) in [6, 6.07) is 0. The van der Waals surface area contributed by atoms with Gasteiger partial charge in [-0.2, -0.15) is 0 Å². The van der Waals surface area contributed by atoms with E-state index in [1.54, 1.807) is 0 Å². The summed E-state index contributed by atoms with van der Waals surface area (Å²) in [5.74, 6) is -0.372. The lowest BCUT2D eigenvalue weighted by Gasteiger charge is -2.17. The zero-order valence-corrected chi connectivity index (χ0v) is 23.2. The molecule has 2 amide bonds. The van der Waals surface area contributed by atoms with Crippen molar-refractivity contribution in [3.8, 4) is 0 Å². The van der Waals surface area contributed by atoms with Crippen molar-refractivity contribution in [1.82, 2.24) is 10.6 Å². The SMILES string of the molecule is CCCOCCOCCOCCOCCC(=O)NCCCCCC(CS(C)(=O)=O)OC(=O)NCCC=O. The lowest BCUT2D eigenvalue weighted by molar-refractivity contribution is -0.122. The van der Waals surface area contributed by atoms with E-state index in [0.717, 1.165) is 25.7 Å². The molecule has 0 spiro atoms. The highest BCUT2D eigenvalue weighted by Crippen LogP contribution is 2.10. The van der Waals surface area contributed by atoms with Crippen LogP contribution in [0.5, 0.6) is 0 Å². The number of rotatable bonds is 26. The van der Waals surface area contributed by atoms with E-state index < -0.39 is 22.0 Å². The van der Waals surface area contributed by atoms with Crippen LogP contribution in [0.1, 0.15) is 51.9 Å². The van der Waals surface area contributed by atoms with Crippen molar-refractivity contribution in [3.63, 3.8) is 0 Å². The first-order chi connectivity index (χ1) is 17.8. The van der Waals surface area contributed by atoms with E-state index in [-0.39, 0.29) is 31.0 Å². The second kappa shape index (κ2) is 24.5. The van der Waals surface area contributed by atoms with Crippen LogP contribution in [0.25, 0.3) is 0 Å². The van der Waals surface area contributed by atoms with Crippen molar-refractivity contribution < 1.29 is 46.5 Å². The normalized spacial score (nSPS) is 12.2. The molecule has 0 aliphatic carbocycles. The first-order valence-corrected chi connectivity index (χ1v) is 15.0. The van der Waals surface area contributed by atoms with Crippen LogP contribution in [0.3, 0.4) is 0 Å². The summed E-state index contributed by atoms with van der Waals surface area (Å²) >= 11 is 0. The van der Waals surface area contributed by atoms with Crippen molar-refractivity contribution in [1.29, 1.82) is 0 Å². The molecule has 12 nitrogen and oxygen atoms in total. The number of unbranched alkanes of at least 4 members (excludes halogenated alkanes) is 2. The van der Waals surface area contributed by atoms with Gasteiger partial charge in [0.05, 0.1) is 52.0 Å². The van der Waals surface area contributed by atoms with Crippen LogP contribution in [0.4, 0.5) is 4.79 Å². The monoisotopic (exact) mass is 554 g/mol. The van der Waals surface area contributed by atoms with E-state index in [4.69, 9.17) is 23.7 Å². The fourth-order valence-corrected chi connectivity index (χ4v) is 3.91. The summed E-state index contributed by atoms with van der Waals surface area (Å²) in [5.41, 5.74) is 0. The summed E-state index contributed by atoms with van der Waals surface area (Å²) in [5, 5.41) is 5.22. The van der Waals surface area contributed by atoms with Crippen LogP contribution in [0.2, 0.25) is 0 Å². The highest BCUT2D eigenvalue weighted by molar-refractivity contribution is 7.90. The van der Waals surface area contributed by atoms with Gasteiger partial charge in [0.2, 0.25) is 5.91 Å². The number of carbonyl (C=O) groups is 3. The molecule has 13 heteroatoms. The molecule has 2 N–H and O–H groups in total. The zero-order valence-electron chi connectivity index (χ0n) is 22.4. The van der Waals surface area contributed by atoms with Crippen LogP contribution >= 0.6 is 0 Å². The van der Waals surface area contributed by atoms with Crippen LogP contribution < -0.4 is 10.6 Å². The van der Waals surface area contributed by atoms with E-state index in [1.807, 2.05) is 0 Å². The molecule has 0 aliphatic heterocycles. The predicted octanol–water partition coefficient (Wildman–Crippen LogP) is 1.26. The Bertz CT molecular complexity index is 691. The van der Waals surface area contributed by atoms with E-state index in [0.29, 0.717) is 78.3 Å². The van der Waals surface area contributed by atoms with Gasteiger partial charge in [0.25, 0.3) is 0 Å². The zero-order chi connectivity index (χ0) is 27.6. The van der Waals surface area contributed by atoms with Crippen LogP contribution in [0, 0.1) is 0 Å². The molecular weight excluding hydrogens is 508 g/mol. The molecule has 0 rings (SSSR count). The summed E-state index contributed by atoms with van der Waals surface area (Å²) in [4.78, 5) is 33.9. The second-order valence-corrected chi connectivity index (χ2v) is 10.6. The van der Waals surface area contributed by atoms with Gasteiger partial charge in [-0.25, -0.2) is 13.2 Å². The van der Waals surface area contributed by atoms with E-state index in [9.17, 15) is 22.8 Å². The second-order valence-electron chi connectivity index (χ2n) is 8.40. The van der Waals surface area contributed by atoms with Crippen molar-refractivity contribution in [2.45, 2.75) is 58.0 Å². The Morgan fingerprint density at radius 1 is 0.811 bits per heavy atom. The van der Waals surface area contributed by atoms with Gasteiger partial charge < -0.3 is 39.1 Å². The largest absolute Gasteiger partial charge is 0.445 e. The molecule has 0 radical (unpaired) electrons. The van der Waals surface area contributed by atoms with Crippen molar-refractivity contribution >= 4 is 28.1 Å². The fourth-order valence-electron chi connectivity index (χ4n) is 3.00. The number of hydrogen-bond acceptors (Lipinski definition) is 10. The molecule has 0 aromatic heterocycles. The first-order valence-electron chi connectivity index (χ1n) is 12.9. The summed E-state index contributed by atoms with van der Waals surface area (Å²) in [7, 11) is -3.32. The lowest BCUT2D eigenvalue weighted by Crippen LogP contribution is -2.33. The lowest BCUT2D eigenvalue weighted by atomic mass is 10.1. The maximum atomic E-state index is 11.9. The number of nitrogens with one attached hydrogen (secondary N) is 2. The Morgan fingerprint density at radius 2 is 1.41 bits per heavy atom. The Kier molecular flexibility index (Phi) is 23.3. The standard InChI is InChI=1S/C24H46N2O10S/c1-3-13-32-15-17-34-19-20-35-18-16-33-14-9-23(28)25-10-6-4-5-8-22(21-37(2,30)31)36-24(29)26-11-7-12-27/h12,22H,3-11,13-21H2,1-2H3,(H,25,28)(H,26,29). The summed E-state index contributed by atoms with van der Waals surface area (Å²) in [6.07, 6.45) is 4.13. The van der Waals surface area contributed by atoms with Crippen LogP contribution in [-0.2, 0) is 43.1 Å². The number of sulfone groups is 1. The molecule has 0 fully saturated rings. The molecule has 37 heavy (non-hydrogen) atoms. The Morgan fingerprint density at radius 3 is 1.97 bits per heavy atom. The number of alkyl carbamates (subject to hydrolysis) is 1. The quantitative estimate of drug-likeness (QED) is 0.118. The average Bonchev–Trinajstić information content (AvgIpc) is 2.83. The molecule has 0 aliphatic rings. The molecular formula is C24H46N2O10S. The topological polar surface area (TPSA) is 156 Å². The van der Waals surface area contributed by atoms with Crippen molar-refractivity contribution in [2.24, 2.45) is 0 Å². The number of ether oxygens (including phenoxy) is 5. The Labute approximate surface area is 221 Å². The van der Waals surface area contributed by atoms with Crippen LogP contribution in [-0.4, -0.2) is 111 Å². The van der Waals surface area contributed by atoms with E-state index >= 15 is 0 Å². The minimum Gasteiger partial charge on any atom is -0.445 e. The van der Waals surface area contributed by atoms with Crippen molar-refractivity contribution in [2.75, 3.05) is 78.0 Å². The average molecular weight is 555 g/mol. The molecule has 1 unspecified atom stereocenters. The fraction of sp³-hybridized carbons (Fsp3) is 0.875. The smallest absolute Gasteiger partial charge is 0.407 e. The molecule has 0 aromatic carbocycles. The minimum atomic E-state index is -3.32. The number of hydrogen-bond donors (Lipinski definition) is 2.